The Kier molecular flexibility index (Phi) is 7.00. The molecule has 1 amide bonds. The molecule has 1 heterocycles. The first kappa shape index (κ1) is 18.5. The number of nitrogens with one attached hydrogen (secondary N) is 3. The number of carbonyl (C=O) groups excluding carboxylic acids is 1. The highest BCUT2D eigenvalue weighted by Gasteiger charge is 2.06. The van der Waals surface area contributed by atoms with Crippen LogP contribution in [0.5, 0.6) is 0 Å². The molecule has 0 saturated carbocycles. The van der Waals surface area contributed by atoms with Crippen molar-refractivity contribution in [2.75, 3.05) is 13.6 Å². The monoisotopic (exact) mass is 342 g/mol. The van der Waals surface area contributed by atoms with Crippen LogP contribution < -0.4 is 16.0 Å². The predicted octanol–water partition coefficient (Wildman–Crippen LogP) is 1.43. The van der Waals surface area contributed by atoms with Crippen molar-refractivity contribution in [2.45, 2.75) is 26.4 Å². The van der Waals surface area contributed by atoms with Crippen molar-refractivity contribution in [3.8, 4) is 0 Å². The summed E-state index contributed by atoms with van der Waals surface area (Å²) in [6.45, 7) is 3.94. The van der Waals surface area contributed by atoms with Crippen molar-refractivity contribution >= 4 is 11.9 Å². The van der Waals surface area contributed by atoms with Gasteiger partial charge in [-0.05, 0) is 30.2 Å². The van der Waals surface area contributed by atoms with Crippen LogP contribution in [0.3, 0.4) is 0 Å². The predicted molar refractivity (Wildman–Crippen MR) is 99.3 cm³/mol. The second-order valence-corrected chi connectivity index (χ2v) is 5.68. The first-order valence-corrected chi connectivity index (χ1v) is 8.42. The Labute approximate surface area is 148 Å². The molecule has 0 atom stereocenters. The molecule has 2 aromatic rings. The Morgan fingerprint density at radius 3 is 2.68 bits per heavy atom. The maximum atomic E-state index is 12.0. The van der Waals surface area contributed by atoms with Crippen molar-refractivity contribution in [2.24, 2.45) is 12.0 Å². The molecule has 1 aromatic carbocycles. The number of hydrogen-bond acceptors (Lipinski definition) is 3. The van der Waals surface area contributed by atoms with Crippen LogP contribution in [0.4, 0.5) is 0 Å². The first-order chi connectivity index (χ1) is 12.1. The van der Waals surface area contributed by atoms with Crippen molar-refractivity contribution in [1.29, 1.82) is 0 Å². The maximum Gasteiger partial charge on any atom is 0.251 e. The van der Waals surface area contributed by atoms with E-state index >= 15 is 0 Å². The van der Waals surface area contributed by atoms with Crippen LogP contribution in [0, 0.1) is 0 Å². The quantitative estimate of drug-likeness (QED) is 0.525. The van der Waals surface area contributed by atoms with E-state index in [9.17, 15) is 4.79 Å². The van der Waals surface area contributed by atoms with E-state index in [2.05, 4.69) is 26.0 Å². The molecule has 0 radical (unpaired) electrons. The molecular weight excluding hydrogens is 316 g/mol. The van der Waals surface area contributed by atoms with E-state index in [1.54, 1.807) is 13.2 Å². The zero-order valence-electron chi connectivity index (χ0n) is 15.0. The topological polar surface area (TPSA) is 83.3 Å². The Morgan fingerprint density at radius 1 is 1.20 bits per heavy atom. The first-order valence-electron chi connectivity index (χ1n) is 8.42. The van der Waals surface area contributed by atoms with Gasteiger partial charge in [-0.1, -0.05) is 19.1 Å². The summed E-state index contributed by atoms with van der Waals surface area (Å²) in [5.41, 5.74) is 2.76. The molecular formula is C18H26N6O. The van der Waals surface area contributed by atoms with E-state index in [0.717, 1.165) is 17.7 Å². The van der Waals surface area contributed by atoms with Gasteiger partial charge in [0, 0.05) is 38.9 Å². The van der Waals surface area contributed by atoms with E-state index in [4.69, 9.17) is 0 Å². The number of carbonyl (C=O) groups is 1. The zero-order chi connectivity index (χ0) is 18.1. The van der Waals surface area contributed by atoms with Crippen molar-refractivity contribution in [3.05, 3.63) is 53.3 Å². The molecule has 7 nitrogen and oxygen atoms in total. The number of rotatable bonds is 7. The summed E-state index contributed by atoms with van der Waals surface area (Å²) in [5, 5.41) is 13.5. The second-order valence-electron chi connectivity index (χ2n) is 5.68. The van der Waals surface area contributed by atoms with Gasteiger partial charge in [0.2, 0.25) is 0 Å². The molecule has 7 heteroatoms. The standard InChI is InChI=1S/C18H26N6O/c1-4-9-20-17(25)15-7-5-6-14(11-15)12-21-18(19-2)22-13-16-8-10-23-24(16)3/h5-8,10-11H,4,9,12-13H2,1-3H3,(H,20,25)(H2,19,21,22). The van der Waals surface area contributed by atoms with Gasteiger partial charge in [-0.15, -0.1) is 0 Å². The Morgan fingerprint density at radius 2 is 2.00 bits per heavy atom. The third kappa shape index (κ3) is 5.63. The molecule has 1 aromatic heterocycles. The van der Waals surface area contributed by atoms with Gasteiger partial charge in [0.1, 0.15) is 0 Å². The second kappa shape index (κ2) is 9.46. The fourth-order valence-corrected chi connectivity index (χ4v) is 2.32. The van der Waals surface area contributed by atoms with Gasteiger partial charge in [0.25, 0.3) is 5.91 Å². The van der Waals surface area contributed by atoms with E-state index in [-0.39, 0.29) is 5.91 Å². The van der Waals surface area contributed by atoms with Gasteiger partial charge in [0.15, 0.2) is 5.96 Å². The zero-order valence-corrected chi connectivity index (χ0v) is 15.0. The Bertz CT molecular complexity index is 722. The van der Waals surface area contributed by atoms with Gasteiger partial charge < -0.3 is 16.0 Å². The third-order valence-electron chi connectivity index (χ3n) is 3.77. The summed E-state index contributed by atoms with van der Waals surface area (Å²) in [6, 6.07) is 9.55. The van der Waals surface area contributed by atoms with E-state index in [1.165, 1.54) is 0 Å². The van der Waals surface area contributed by atoms with Crippen LogP contribution in [-0.2, 0) is 20.1 Å². The van der Waals surface area contributed by atoms with Gasteiger partial charge in [-0.3, -0.25) is 14.5 Å². The summed E-state index contributed by atoms with van der Waals surface area (Å²) >= 11 is 0. The van der Waals surface area contributed by atoms with Crippen LogP contribution in [0.1, 0.15) is 35.0 Å². The molecule has 0 unspecified atom stereocenters. The average Bonchev–Trinajstić information content (AvgIpc) is 3.05. The lowest BCUT2D eigenvalue weighted by Gasteiger charge is -2.12. The van der Waals surface area contributed by atoms with Crippen LogP contribution in [0.15, 0.2) is 41.5 Å². The van der Waals surface area contributed by atoms with Crippen molar-refractivity contribution in [3.63, 3.8) is 0 Å². The SMILES string of the molecule is CCCNC(=O)c1cccc(CNC(=NC)NCc2ccnn2C)c1. The van der Waals surface area contributed by atoms with Crippen LogP contribution in [0.25, 0.3) is 0 Å². The average molecular weight is 342 g/mol. The summed E-state index contributed by atoms with van der Waals surface area (Å²) < 4.78 is 1.82. The van der Waals surface area contributed by atoms with Crippen LogP contribution in [-0.4, -0.2) is 35.2 Å². The normalized spacial score (nSPS) is 11.2. The fourth-order valence-electron chi connectivity index (χ4n) is 2.32. The number of nitrogens with zero attached hydrogens (tertiary/aromatic N) is 3. The highest BCUT2D eigenvalue weighted by atomic mass is 16.1. The molecule has 0 bridgehead atoms. The molecule has 134 valence electrons. The van der Waals surface area contributed by atoms with Gasteiger partial charge >= 0.3 is 0 Å². The number of aliphatic imine (C=N–C) groups is 1. The highest BCUT2D eigenvalue weighted by molar-refractivity contribution is 5.94. The number of guanidine groups is 1. The summed E-state index contributed by atoms with van der Waals surface area (Å²) in [4.78, 5) is 16.3. The summed E-state index contributed by atoms with van der Waals surface area (Å²) in [5.74, 6) is 0.657. The Hall–Kier alpha value is -2.83. The number of aromatic nitrogens is 2. The summed E-state index contributed by atoms with van der Waals surface area (Å²) in [7, 11) is 3.63. The molecule has 2 rings (SSSR count). The van der Waals surface area contributed by atoms with Crippen molar-refractivity contribution < 1.29 is 4.79 Å². The summed E-state index contributed by atoms with van der Waals surface area (Å²) in [6.07, 6.45) is 2.69. The van der Waals surface area contributed by atoms with Crippen molar-refractivity contribution in [1.82, 2.24) is 25.7 Å². The maximum absolute atomic E-state index is 12.0. The number of hydrogen-bond donors (Lipinski definition) is 3. The molecule has 0 aliphatic rings. The van der Waals surface area contributed by atoms with Crippen LogP contribution in [0.2, 0.25) is 0 Å². The van der Waals surface area contributed by atoms with E-state index < -0.39 is 0 Å². The van der Waals surface area contributed by atoms with Gasteiger partial charge in [0.05, 0.1) is 12.2 Å². The lowest BCUT2D eigenvalue weighted by Crippen LogP contribution is -2.36. The van der Waals surface area contributed by atoms with E-state index in [1.807, 2.05) is 49.0 Å². The lowest BCUT2D eigenvalue weighted by atomic mass is 10.1. The lowest BCUT2D eigenvalue weighted by molar-refractivity contribution is 0.0953. The third-order valence-corrected chi connectivity index (χ3v) is 3.77. The molecule has 0 fully saturated rings. The number of aryl methyl sites for hydroxylation is 1. The fraction of sp³-hybridized carbons (Fsp3) is 0.389. The van der Waals surface area contributed by atoms with Crippen LogP contribution >= 0.6 is 0 Å². The molecule has 0 aliphatic carbocycles. The molecule has 0 aliphatic heterocycles. The number of amides is 1. The largest absolute Gasteiger partial charge is 0.352 e. The minimum absolute atomic E-state index is 0.0394. The highest BCUT2D eigenvalue weighted by Crippen LogP contribution is 2.05. The van der Waals surface area contributed by atoms with E-state index in [0.29, 0.717) is 31.2 Å². The molecule has 3 N–H and O–H groups in total. The molecule has 0 spiro atoms. The smallest absolute Gasteiger partial charge is 0.251 e. The number of benzene rings is 1. The minimum atomic E-state index is -0.0394. The minimum Gasteiger partial charge on any atom is -0.352 e. The molecule has 0 saturated heterocycles. The molecule has 25 heavy (non-hydrogen) atoms. The van der Waals surface area contributed by atoms with Gasteiger partial charge in [-0.25, -0.2) is 0 Å². The van der Waals surface area contributed by atoms with Gasteiger partial charge in [-0.2, -0.15) is 5.10 Å². The Balaban J connectivity index is 1.88.